The maximum atomic E-state index is 12.5. The average molecular weight is 384 g/mol. The Morgan fingerprint density at radius 2 is 2.00 bits per heavy atom. The van der Waals surface area contributed by atoms with E-state index < -0.39 is 10.0 Å². The molecule has 0 spiro atoms. The first kappa shape index (κ1) is 18.2. The molecule has 0 amide bonds. The zero-order chi connectivity index (χ0) is 18.2. The van der Waals surface area contributed by atoms with Crippen molar-refractivity contribution in [1.29, 1.82) is 0 Å². The van der Waals surface area contributed by atoms with Crippen LogP contribution in [-0.2, 0) is 36.3 Å². The van der Waals surface area contributed by atoms with Crippen LogP contribution in [0, 0.1) is 6.92 Å². The van der Waals surface area contributed by atoms with E-state index >= 15 is 0 Å². The summed E-state index contributed by atoms with van der Waals surface area (Å²) in [4.78, 5) is 0.0394. The van der Waals surface area contributed by atoms with E-state index in [1.165, 1.54) is 15.8 Å². The number of nitrogens with one attached hydrogen (secondary N) is 1. The van der Waals surface area contributed by atoms with Crippen LogP contribution in [0.4, 0.5) is 0 Å². The van der Waals surface area contributed by atoms with Crippen LogP contribution in [0.25, 0.3) is 0 Å². The lowest BCUT2D eigenvalue weighted by Gasteiger charge is -2.12. The Balaban J connectivity index is 1.75. The number of benzene rings is 1. The normalized spacial score (nSPS) is 13.9. The molecule has 1 aromatic carbocycles. The average Bonchev–Trinajstić information content (AvgIpc) is 3.10. The summed E-state index contributed by atoms with van der Waals surface area (Å²) in [7, 11) is -0.451. The summed E-state index contributed by atoms with van der Waals surface area (Å²) in [5.74, 6) is 0.815. The fraction of sp³-hybridized carbons (Fsp3) is 0.471. The third-order valence-electron chi connectivity index (χ3n) is 4.55. The lowest BCUT2D eigenvalue weighted by atomic mass is 10.0. The fourth-order valence-electron chi connectivity index (χ4n) is 3.35. The number of hydrogen-bond acceptors (Lipinski definition) is 4. The van der Waals surface area contributed by atoms with Crippen molar-refractivity contribution in [3.05, 3.63) is 39.7 Å². The number of aryl methyl sites for hydroxylation is 4. The van der Waals surface area contributed by atoms with Crippen LogP contribution in [-0.4, -0.2) is 31.9 Å². The van der Waals surface area contributed by atoms with E-state index in [0.717, 1.165) is 30.6 Å². The first-order chi connectivity index (χ1) is 11.8. The van der Waals surface area contributed by atoms with Crippen molar-refractivity contribution in [1.82, 2.24) is 14.5 Å². The van der Waals surface area contributed by atoms with Crippen molar-refractivity contribution in [2.45, 2.75) is 37.5 Å². The number of halogens is 1. The van der Waals surface area contributed by atoms with E-state index in [1.54, 1.807) is 21.1 Å². The number of ether oxygens (including phenoxy) is 1. The summed E-state index contributed by atoms with van der Waals surface area (Å²) >= 11 is 6.07. The molecule has 6 nitrogen and oxygen atoms in total. The third-order valence-corrected chi connectivity index (χ3v) is 6.71. The molecule has 1 aromatic heterocycles. The van der Waals surface area contributed by atoms with Gasteiger partial charge in [0.15, 0.2) is 0 Å². The first-order valence-corrected chi connectivity index (χ1v) is 10.1. The van der Waals surface area contributed by atoms with Crippen LogP contribution in [0.5, 0.6) is 5.75 Å². The number of nitrogens with zero attached hydrogens (tertiary/aromatic N) is 2. The predicted octanol–water partition coefficient (Wildman–Crippen LogP) is 2.40. The standard InChI is InChI=1S/C17H22ClN3O3S/c1-11-16(17(18)21(2)20-11)25(22,23)19-8-7-14-9-12-5-4-6-13(12)10-15(14)24-3/h9-10,19H,4-8H2,1-3H3. The third kappa shape index (κ3) is 3.54. The number of aromatic nitrogens is 2. The zero-order valence-corrected chi connectivity index (χ0v) is 16.2. The molecular weight excluding hydrogens is 362 g/mol. The highest BCUT2D eigenvalue weighted by Crippen LogP contribution is 2.30. The summed E-state index contributed by atoms with van der Waals surface area (Å²) in [6, 6.07) is 4.21. The molecule has 0 saturated heterocycles. The lowest BCUT2D eigenvalue weighted by molar-refractivity contribution is 0.409. The SMILES string of the molecule is COc1cc2c(cc1CCNS(=O)(=O)c1c(C)nn(C)c1Cl)CCC2. The molecule has 3 rings (SSSR count). The fourth-order valence-corrected chi connectivity index (χ4v) is 5.12. The molecule has 8 heteroatoms. The molecule has 1 N–H and O–H groups in total. The molecule has 0 bridgehead atoms. The summed E-state index contributed by atoms with van der Waals surface area (Å²) in [5.41, 5.74) is 4.07. The molecule has 25 heavy (non-hydrogen) atoms. The minimum Gasteiger partial charge on any atom is -0.496 e. The van der Waals surface area contributed by atoms with Gasteiger partial charge in [-0.25, -0.2) is 13.1 Å². The van der Waals surface area contributed by atoms with Crippen LogP contribution in [0.1, 0.15) is 28.8 Å². The second-order valence-electron chi connectivity index (χ2n) is 6.26. The van der Waals surface area contributed by atoms with Gasteiger partial charge >= 0.3 is 0 Å². The predicted molar refractivity (Wildman–Crippen MR) is 96.9 cm³/mol. The Morgan fingerprint density at radius 1 is 1.32 bits per heavy atom. The van der Waals surface area contributed by atoms with Crippen LogP contribution in [0.15, 0.2) is 17.0 Å². The minimum absolute atomic E-state index is 0.0394. The maximum Gasteiger partial charge on any atom is 0.245 e. The summed E-state index contributed by atoms with van der Waals surface area (Å²) < 4.78 is 34.5. The number of sulfonamides is 1. The summed E-state index contributed by atoms with van der Waals surface area (Å²) in [6.45, 7) is 1.89. The van der Waals surface area contributed by atoms with Crippen LogP contribution in [0.2, 0.25) is 5.15 Å². The van der Waals surface area contributed by atoms with Gasteiger partial charge in [0.05, 0.1) is 12.8 Å². The largest absolute Gasteiger partial charge is 0.496 e. The van der Waals surface area contributed by atoms with E-state index in [4.69, 9.17) is 16.3 Å². The number of fused-ring (bicyclic) bond motifs is 1. The van der Waals surface area contributed by atoms with Crippen molar-refractivity contribution in [2.24, 2.45) is 7.05 Å². The van der Waals surface area contributed by atoms with Crippen LogP contribution >= 0.6 is 11.6 Å². The van der Waals surface area contributed by atoms with Crippen molar-refractivity contribution in [3.8, 4) is 5.75 Å². The molecule has 0 radical (unpaired) electrons. The van der Waals surface area contributed by atoms with Gasteiger partial charge in [0.25, 0.3) is 0 Å². The van der Waals surface area contributed by atoms with E-state index in [2.05, 4.69) is 22.0 Å². The smallest absolute Gasteiger partial charge is 0.245 e. The van der Waals surface area contributed by atoms with Gasteiger partial charge in [-0.3, -0.25) is 4.68 Å². The highest BCUT2D eigenvalue weighted by Gasteiger charge is 2.25. The molecular formula is C17H22ClN3O3S. The van der Waals surface area contributed by atoms with Crippen molar-refractivity contribution >= 4 is 21.6 Å². The molecule has 1 heterocycles. The lowest BCUT2D eigenvalue weighted by Crippen LogP contribution is -2.26. The van der Waals surface area contributed by atoms with Gasteiger partial charge in [0, 0.05) is 13.6 Å². The number of hydrogen-bond donors (Lipinski definition) is 1. The molecule has 136 valence electrons. The van der Waals surface area contributed by atoms with E-state index in [9.17, 15) is 8.42 Å². The second kappa shape index (κ2) is 6.97. The minimum atomic E-state index is -3.71. The van der Waals surface area contributed by atoms with E-state index in [-0.39, 0.29) is 16.6 Å². The van der Waals surface area contributed by atoms with Gasteiger partial charge in [0.1, 0.15) is 15.8 Å². The second-order valence-corrected chi connectivity index (χ2v) is 8.32. The maximum absolute atomic E-state index is 12.5. The van der Waals surface area contributed by atoms with Gasteiger partial charge in [-0.1, -0.05) is 17.7 Å². The van der Waals surface area contributed by atoms with Crippen LogP contribution in [0.3, 0.4) is 0 Å². The van der Waals surface area contributed by atoms with E-state index in [0.29, 0.717) is 12.1 Å². The topological polar surface area (TPSA) is 73.2 Å². The Bertz CT molecular complexity index is 906. The summed E-state index contributed by atoms with van der Waals surface area (Å²) in [6.07, 6.45) is 3.86. The summed E-state index contributed by atoms with van der Waals surface area (Å²) in [5, 5.41) is 4.17. The van der Waals surface area contributed by atoms with Gasteiger partial charge in [-0.15, -0.1) is 0 Å². The van der Waals surface area contributed by atoms with E-state index in [1.807, 2.05) is 0 Å². The Kier molecular flexibility index (Phi) is 5.09. The van der Waals surface area contributed by atoms with Gasteiger partial charge in [-0.05, 0) is 55.4 Å². The number of rotatable bonds is 6. The molecule has 1 aliphatic rings. The monoisotopic (exact) mass is 383 g/mol. The molecule has 0 aliphatic heterocycles. The quantitative estimate of drug-likeness (QED) is 0.831. The highest BCUT2D eigenvalue weighted by molar-refractivity contribution is 7.89. The van der Waals surface area contributed by atoms with Gasteiger partial charge in [0.2, 0.25) is 10.0 Å². The van der Waals surface area contributed by atoms with Crippen molar-refractivity contribution in [2.75, 3.05) is 13.7 Å². The van der Waals surface area contributed by atoms with Gasteiger partial charge in [-0.2, -0.15) is 5.10 Å². The molecule has 0 fully saturated rings. The van der Waals surface area contributed by atoms with Gasteiger partial charge < -0.3 is 4.74 Å². The Labute approximate surface area is 153 Å². The Hall–Kier alpha value is -1.57. The molecule has 2 aromatic rings. The van der Waals surface area contributed by atoms with Crippen LogP contribution < -0.4 is 9.46 Å². The van der Waals surface area contributed by atoms with Crippen molar-refractivity contribution < 1.29 is 13.2 Å². The number of methoxy groups -OCH3 is 1. The molecule has 0 atom stereocenters. The molecule has 1 aliphatic carbocycles. The van der Waals surface area contributed by atoms with Crippen molar-refractivity contribution in [3.63, 3.8) is 0 Å². The molecule has 0 unspecified atom stereocenters. The highest BCUT2D eigenvalue weighted by atomic mass is 35.5. The zero-order valence-electron chi connectivity index (χ0n) is 14.6. The molecule has 0 saturated carbocycles. The first-order valence-electron chi connectivity index (χ1n) is 8.21. The Morgan fingerprint density at radius 3 is 2.60 bits per heavy atom.